The van der Waals surface area contributed by atoms with E-state index in [1.807, 2.05) is 0 Å². The minimum Gasteiger partial charge on any atom is -0.395 e. The Morgan fingerprint density at radius 3 is 2.45 bits per heavy atom. The van der Waals surface area contributed by atoms with Gasteiger partial charge in [0.15, 0.2) is 0 Å². The number of aliphatic hydroxyl groups excluding tert-OH is 2. The predicted molar refractivity (Wildman–Crippen MR) is 85.7 cm³/mol. The molecule has 0 amide bonds. The number of rotatable bonds is 8. The molecule has 0 aromatic carbocycles. The van der Waals surface area contributed by atoms with Crippen LogP contribution in [0.25, 0.3) is 0 Å². The van der Waals surface area contributed by atoms with E-state index in [9.17, 15) is 5.11 Å². The molecule has 0 spiro atoms. The molecule has 1 saturated heterocycles. The number of ether oxygens (including phenoxy) is 1. The fourth-order valence-electron chi connectivity index (χ4n) is 4.62. The van der Waals surface area contributed by atoms with Crippen LogP contribution in [-0.4, -0.2) is 85.2 Å². The van der Waals surface area contributed by atoms with Crippen LogP contribution in [0.3, 0.4) is 0 Å². The Bertz CT molecular complexity index is 334. The van der Waals surface area contributed by atoms with Crippen molar-refractivity contribution in [3.05, 3.63) is 0 Å². The van der Waals surface area contributed by atoms with Crippen molar-refractivity contribution in [2.24, 2.45) is 17.8 Å². The second-order valence-electron chi connectivity index (χ2n) is 7.49. The molecular weight excluding hydrogens is 280 g/mol. The van der Waals surface area contributed by atoms with Gasteiger partial charge >= 0.3 is 0 Å². The van der Waals surface area contributed by atoms with Crippen LogP contribution >= 0.6 is 0 Å². The molecule has 4 atom stereocenters. The highest BCUT2D eigenvalue weighted by molar-refractivity contribution is 4.89. The van der Waals surface area contributed by atoms with Gasteiger partial charge in [-0.15, -0.1) is 0 Å². The maximum absolute atomic E-state index is 10.2. The smallest absolute Gasteiger partial charge is 0.0900 e. The van der Waals surface area contributed by atoms with Crippen molar-refractivity contribution in [1.29, 1.82) is 0 Å². The molecule has 1 heterocycles. The lowest BCUT2D eigenvalue weighted by Crippen LogP contribution is -2.49. The van der Waals surface area contributed by atoms with Crippen LogP contribution < -0.4 is 0 Å². The first-order valence-electron chi connectivity index (χ1n) is 9.06. The first-order chi connectivity index (χ1) is 10.7. The van der Waals surface area contributed by atoms with Crippen molar-refractivity contribution in [2.75, 3.05) is 59.1 Å². The van der Waals surface area contributed by atoms with Crippen LogP contribution in [-0.2, 0) is 4.74 Å². The number of β-amino-alcohol motifs (C(OH)–C–C–N with tert-alkyl or cyclic N) is 2. The molecule has 3 aliphatic rings. The fraction of sp³-hybridized carbons (Fsp3) is 1.00. The summed E-state index contributed by atoms with van der Waals surface area (Å²) < 4.78 is 5.81. The third-order valence-corrected chi connectivity index (χ3v) is 5.88. The molecule has 128 valence electrons. The molecule has 22 heavy (non-hydrogen) atoms. The van der Waals surface area contributed by atoms with Crippen molar-refractivity contribution in [1.82, 2.24) is 9.80 Å². The van der Waals surface area contributed by atoms with Crippen molar-refractivity contribution in [2.45, 2.75) is 31.8 Å². The predicted octanol–water partition coefficient (Wildman–Crippen LogP) is 0.410. The van der Waals surface area contributed by atoms with Gasteiger partial charge in [-0.1, -0.05) is 6.42 Å². The van der Waals surface area contributed by atoms with E-state index in [-0.39, 0.29) is 12.7 Å². The Balaban J connectivity index is 1.26. The Kier molecular flexibility index (Phi) is 6.10. The fourth-order valence-corrected chi connectivity index (χ4v) is 4.62. The summed E-state index contributed by atoms with van der Waals surface area (Å²) >= 11 is 0. The Hall–Kier alpha value is -0.200. The van der Waals surface area contributed by atoms with Gasteiger partial charge in [0.1, 0.15) is 0 Å². The number of aliphatic hydroxyl groups is 2. The molecule has 3 fully saturated rings. The summed E-state index contributed by atoms with van der Waals surface area (Å²) in [7, 11) is 0. The van der Waals surface area contributed by atoms with Crippen LogP contribution in [0.2, 0.25) is 0 Å². The molecule has 5 heteroatoms. The van der Waals surface area contributed by atoms with E-state index in [0.717, 1.165) is 57.1 Å². The highest BCUT2D eigenvalue weighted by Gasteiger charge is 2.39. The van der Waals surface area contributed by atoms with E-state index in [1.165, 1.54) is 25.7 Å². The number of nitrogens with zero attached hydrogens (tertiary/aromatic N) is 2. The minimum absolute atomic E-state index is 0.236. The summed E-state index contributed by atoms with van der Waals surface area (Å²) in [6.45, 7) is 6.96. The number of hydrogen-bond donors (Lipinski definition) is 2. The van der Waals surface area contributed by atoms with E-state index in [2.05, 4.69) is 9.80 Å². The summed E-state index contributed by atoms with van der Waals surface area (Å²) in [4.78, 5) is 4.58. The first kappa shape index (κ1) is 16.7. The van der Waals surface area contributed by atoms with Gasteiger partial charge in [0, 0.05) is 45.9 Å². The molecule has 3 rings (SSSR count). The normalized spacial score (nSPS) is 34.4. The molecule has 0 aromatic heterocycles. The van der Waals surface area contributed by atoms with Crippen molar-refractivity contribution in [3.8, 4) is 0 Å². The lowest BCUT2D eigenvalue weighted by atomic mass is 9.90. The highest BCUT2D eigenvalue weighted by Crippen LogP contribution is 2.48. The van der Waals surface area contributed by atoms with E-state index in [1.54, 1.807) is 0 Å². The third-order valence-electron chi connectivity index (χ3n) is 5.88. The number of fused-ring (bicyclic) bond motifs is 2. The minimum atomic E-state index is -0.372. The van der Waals surface area contributed by atoms with Crippen LogP contribution in [0, 0.1) is 17.8 Å². The van der Waals surface area contributed by atoms with E-state index in [4.69, 9.17) is 9.84 Å². The van der Waals surface area contributed by atoms with Gasteiger partial charge < -0.3 is 14.9 Å². The van der Waals surface area contributed by atoms with Gasteiger partial charge in [-0.05, 0) is 37.0 Å². The molecule has 2 N–H and O–H groups in total. The van der Waals surface area contributed by atoms with Gasteiger partial charge in [-0.2, -0.15) is 0 Å². The molecule has 1 aliphatic heterocycles. The molecule has 0 aromatic rings. The molecule has 0 unspecified atom stereocenters. The van der Waals surface area contributed by atoms with Gasteiger partial charge in [0.2, 0.25) is 0 Å². The Labute approximate surface area is 134 Å². The van der Waals surface area contributed by atoms with Crippen molar-refractivity contribution < 1.29 is 14.9 Å². The maximum atomic E-state index is 10.2. The summed E-state index contributed by atoms with van der Waals surface area (Å²) in [5.74, 6) is 2.63. The number of hydrogen-bond acceptors (Lipinski definition) is 5. The largest absolute Gasteiger partial charge is 0.395 e. The van der Waals surface area contributed by atoms with Crippen LogP contribution in [0.5, 0.6) is 0 Å². The van der Waals surface area contributed by atoms with Crippen LogP contribution in [0.1, 0.15) is 25.7 Å². The average molecular weight is 312 g/mol. The summed E-state index contributed by atoms with van der Waals surface area (Å²) in [5, 5.41) is 19.1. The van der Waals surface area contributed by atoms with Gasteiger partial charge in [-0.25, -0.2) is 0 Å². The van der Waals surface area contributed by atoms with Crippen molar-refractivity contribution in [3.63, 3.8) is 0 Å². The number of piperazine rings is 1. The molecular formula is C17H32N2O3. The molecule has 2 bridgehead atoms. The third kappa shape index (κ3) is 4.42. The van der Waals surface area contributed by atoms with Gasteiger partial charge in [0.05, 0.1) is 19.3 Å². The zero-order valence-corrected chi connectivity index (χ0v) is 13.7. The Morgan fingerprint density at radius 2 is 1.82 bits per heavy atom. The monoisotopic (exact) mass is 312 g/mol. The summed E-state index contributed by atoms with van der Waals surface area (Å²) in [6.07, 6.45) is 5.25. The quantitative estimate of drug-likeness (QED) is 0.680. The lowest BCUT2D eigenvalue weighted by Gasteiger charge is -2.35. The second kappa shape index (κ2) is 8.06. The summed E-state index contributed by atoms with van der Waals surface area (Å²) in [6, 6.07) is 0. The average Bonchev–Trinajstić information content (AvgIpc) is 3.12. The van der Waals surface area contributed by atoms with E-state index in [0.29, 0.717) is 13.2 Å². The SMILES string of the molecule is OCCN1CCN(C[C@@H](O)COC[C@H]2C[C@@H]3CC[C@@H]2C3)CC1. The molecule has 2 saturated carbocycles. The highest BCUT2D eigenvalue weighted by atomic mass is 16.5. The molecule has 5 nitrogen and oxygen atoms in total. The molecule has 2 aliphatic carbocycles. The second-order valence-corrected chi connectivity index (χ2v) is 7.49. The van der Waals surface area contributed by atoms with E-state index < -0.39 is 0 Å². The van der Waals surface area contributed by atoms with Gasteiger partial charge in [-0.3, -0.25) is 9.80 Å². The first-order valence-corrected chi connectivity index (χ1v) is 9.06. The zero-order valence-electron chi connectivity index (χ0n) is 13.7. The standard InChI is InChI=1S/C17H32N2O3/c20-8-7-18-3-5-19(6-4-18)11-17(21)13-22-12-16-10-14-1-2-15(16)9-14/h14-17,20-21H,1-13H2/t14-,15-,16-,17-/m1/s1. The van der Waals surface area contributed by atoms with Crippen LogP contribution in [0.4, 0.5) is 0 Å². The van der Waals surface area contributed by atoms with Crippen LogP contribution in [0.15, 0.2) is 0 Å². The topological polar surface area (TPSA) is 56.2 Å². The summed E-state index contributed by atoms with van der Waals surface area (Å²) in [5.41, 5.74) is 0. The molecule has 0 radical (unpaired) electrons. The maximum Gasteiger partial charge on any atom is 0.0900 e. The Morgan fingerprint density at radius 1 is 1.05 bits per heavy atom. The zero-order chi connectivity index (χ0) is 15.4. The lowest BCUT2D eigenvalue weighted by molar-refractivity contribution is -0.00919. The van der Waals surface area contributed by atoms with Crippen molar-refractivity contribution >= 4 is 0 Å². The van der Waals surface area contributed by atoms with Gasteiger partial charge in [0.25, 0.3) is 0 Å². The van der Waals surface area contributed by atoms with E-state index >= 15 is 0 Å².